The van der Waals surface area contributed by atoms with Crippen LogP contribution in [0.1, 0.15) is 11.1 Å². The molecule has 2 aliphatic rings. The number of halogens is 1. The summed E-state index contributed by atoms with van der Waals surface area (Å²) in [5.41, 5.74) is 7.02. The summed E-state index contributed by atoms with van der Waals surface area (Å²) in [6.45, 7) is 0. The van der Waals surface area contributed by atoms with E-state index in [0.717, 1.165) is 0 Å². The third kappa shape index (κ3) is 1.85. The quantitative estimate of drug-likeness (QED) is 0.606. The number of carbonyl (C=O) groups excluding carboxylic acids is 1. The number of H-pyrrole nitrogens is 1. The first-order valence-corrected chi connectivity index (χ1v) is 8.41. The summed E-state index contributed by atoms with van der Waals surface area (Å²) in [6.07, 6.45) is 0. The van der Waals surface area contributed by atoms with Gasteiger partial charge in [0.25, 0.3) is 0 Å². The molecule has 4 N–H and O–H groups in total. The van der Waals surface area contributed by atoms with Crippen molar-refractivity contribution in [2.45, 2.75) is 5.41 Å². The predicted molar refractivity (Wildman–Crippen MR) is 97.3 cm³/mol. The first-order valence-electron chi connectivity index (χ1n) is 8.41. The number of ether oxygens (including phenoxy) is 1. The Hall–Kier alpha value is -4.12. The third-order valence-electron chi connectivity index (χ3n) is 5.10. The van der Waals surface area contributed by atoms with Gasteiger partial charge in [-0.1, -0.05) is 18.2 Å². The van der Waals surface area contributed by atoms with E-state index in [-0.39, 0.29) is 17.3 Å². The van der Waals surface area contributed by atoms with Crippen LogP contribution < -0.4 is 15.8 Å². The second-order valence-electron chi connectivity index (χ2n) is 6.49. The number of anilines is 1. The summed E-state index contributed by atoms with van der Waals surface area (Å²) in [4.78, 5) is 13.3. The van der Waals surface area contributed by atoms with Crippen LogP contribution in [-0.2, 0) is 10.2 Å². The molecule has 7 nitrogen and oxygen atoms in total. The molecule has 5 rings (SSSR count). The minimum Gasteiger partial charge on any atom is -0.420 e. The zero-order valence-electron chi connectivity index (χ0n) is 14.3. The van der Waals surface area contributed by atoms with Gasteiger partial charge in [0, 0.05) is 16.8 Å². The largest absolute Gasteiger partial charge is 0.420 e. The molecule has 0 saturated heterocycles. The van der Waals surface area contributed by atoms with Crippen LogP contribution in [-0.4, -0.2) is 16.1 Å². The molecule has 3 aromatic rings. The average Bonchev–Trinajstić information content (AvgIpc) is 3.23. The van der Waals surface area contributed by atoms with Crippen molar-refractivity contribution in [2.75, 3.05) is 5.32 Å². The van der Waals surface area contributed by atoms with E-state index in [0.29, 0.717) is 28.1 Å². The van der Waals surface area contributed by atoms with Crippen LogP contribution >= 0.6 is 0 Å². The Kier molecular flexibility index (Phi) is 3.12. The first kappa shape index (κ1) is 16.1. The molecule has 0 bridgehead atoms. The van der Waals surface area contributed by atoms with Crippen molar-refractivity contribution >= 4 is 11.6 Å². The standard InChI is InChI=1S/C20H12FN5O2/c21-11-7-5-10(6-8-11)16-15-18(26-25-16)28-17(23)13(9-22)20(15)12-3-1-2-4-14(12)24-19(20)27/h1-8H,23H2,(H,24,27)(H,25,26)/t20-/m0/s1. The smallest absolute Gasteiger partial charge is 0.245 e. The lowest BCUT2D eigenvalue weighted by Gasteiger charge is -2.31. The normalized spacial score (nSPS) is 19.6. The maximum absolute atomic E-state index is 13.4. The molecule has 2 aliphatic heterocycles. The van der Waals surface area contributed by atoms with E-state index in [9.17, 15) is 14.4 Å². The number of hydrogen-bond donors (Lipinski definition) is 3. The number of amides is 1. The van der Waals surface area contributed by atoms with Gasteiger partial charge in [-0.05, 0) is 30.3 Å². The highest BCUT2D eigenvalue weighted by Crippen LogP contribution is 2.55. The number of aromatic amines is 1. The number of nitrogens with one attached hydrogen (secondary N) is 2. The molecule has 1 aromatic heterocycles. The number of para-hydroxylation sites is 1. The molecule has 136 valence electrons. The van der Waals surface area contributed by atoms with Crippen molar-refractivity contribution in [2.24, 2.45) is 5.73 Å². The van der Waals surface area contributed by atoms with Gasteiger partial charge in [0.1, 0.15) is 22.9 Å². The topological polar surface area (TPSA) is 117 Å². The Morgan fingerprint density at radius 3 is 2.68 bits per heavy atom. The summed E-state index contributed by atoms with van der Waals surface area (Å²) in [5, 5.41) is 19.7. The summed E-state index contributed by atoms with van der Waals surface area (Å²) in [7, 11) is 0. The van der Waals surface area contributed by atoms with E-state index < -0.39 is 17.1 Å². The van der Waals surface area contributed by atoms with Crippen molar-refractivity contribution < 1.29 is 13.9 Å². The number of hydrogen-bond acceptors (Lipinski definition) is 5. The van der Waals surface area contributed by atoms with Gasteiger partial charge < -0.3 is 15.8 Å². The van der Waals surface area contributed by atoms with Crippen molar-refractivity contribution in [1.29, 1.82) is 5.26 Å². The molecule has 2 aromatic carbocycles. The lowest BCUT2D eigenvalue weighted by molar-refractivity contribution is -0.118. The average molecular weight is 373 g/mol. The highest BCUT2D eigenvalue weighted by molar-refractivity contribution is 6.13. The number of nitriles is 1. The van der Waals surface area contributed by atoms with Crippen molar-refractivity contribution in [3.8, 4) is 23.2 Å². The van der Waals surface area contributed by atoms with Crippen LogP contribution in [0.2, 0.25) is 0 Å². The summed E-state index contributed by atoms with van der Waals surface area (Å²) in [6, 6.07) is 14.8. The Morgan fingerprint density at radius 2 is 1.93 bits per heavy atom. The molecule has 0 aliphatic carbocycles. The summed E-state index contributed by atoms with van der Waals surface area (Å²) < 4.78 is 19.0. The Morgan fingerprint density at radius 1 is 1.18 bits per heavy atom. The molecule has 1 spiro atoms. The van der Waals surface area contributed by atoms with Crippen LogP contribution in [0.5, 0.6) is 5.88 Å². The van der Waals surface area contributed by atoms with Gasteiger partial charge in [-0.15, -0.1) is 5.10 Å². The van der Waals surface area contributed by atoms with E-state index in [2.05, 4.69) is 15.5 Å². The van der Waals surface area contributed by atoms with Gasteiger partial charge in [0.15, 0.2) is 0 Å². The second kappa shape index (κ2) is 5.44. The molecule has 3 heterocycles. The molecule has 0 saturated carbocycles. The number of nitrogens with two attached hydrogens (primary N) is 1. The molecule has 0 fully saturated rings. The second-order valence-corrected chi connectivity index (χ2v) is 6.49. The van der Waals surface area contributed by atoms with Crippen LogP contribution in [0.3, 0.4) is 0 Å². The van der Waals surface area contributed by atoms with Crippen molar-refractivity contribution in [3.05, 3.63) is 76.9 Å². The number of nitrogens with zero attached hydrogens (tertiary/aromatic N) is 2. The zero-order valence-corrected chi connectivity index (χ0v) is 14.3. The molecule has 0 unspecified atom stereocenters. The predicted octanol–water partition coefficient (Wildman–Crippen LogP) is 2.54. The molecule has 28 heavy (non-hydrogen) atoms. The lowest BCUT2D eigenvalue weighted by Crippen LogP contribution is -2.42. The number of benzene rings is 2. The van der Waals surface area contributed by atoms with Crippen molar-refractivity contribution in [1.82, 2.24) is 10.2 Å². The highest BCUT2D eigenvalue weighted by Gasteiger charge is 2.58. The van der Waals surface area contributed by atoms with E-state index >= 15 is 0 Å². The van der Waals surface area contributed by atoms with Gasteiger partial charge in [-0.2, -0.15) is 5.26 Å². The number of rotatable bonds is 1. The minimum atomic E-state index is -1.51. The van der Waals surface area contributed by atoms with E-state index in [1.165, 1.54) is 12.1 Å². The molecular formula is C20H12FN5O2. The summed E-state index contributed by atoms with van der Waals surface area (Å²) >= 11 is 0. The maximum Gasteiger partial charge on any atom is 0.245 e. The minimum absolute atomic E-state index is 0.0211. The van der Waals surface area contributed by atoms with E-state index in [4.69, 9.17) is 10.5 Å². The van der Waals surface area contributed by atoms with Crippen LogP contribution in [0, 0.1) is 17.1 Å². The van der Waals surface area contributed by atoms with Gasteiger partial charge in [-0.3, -0.25) is 9.89 Å². The number of aromatic nitrogens is 2. The maximum atomic E-state index is 13.4. The SMILES string of the molecule is N#CC1=C(N)Oc2n[nH]c(-c3ccc(F)cc3)c2[C@@]12C(=O)Nc1ccccc12. The molecular weight excluding hydrogens is 361 g/mol. The Balaban J connectivity index is 1.89. The van der Waals surface area contributed by atoms with Crippen LogP contribution in [0.4, 0.5) is 10.1 Å². The fraction of sp³-hybridized carbons (Fsp3) is 0.0500. The molecule has 1 amide bonds. The van der Waals surface area contributed by atoms with Gasteiger partial charge in [0.2, 0.25) is 17.7 Å². The fourth-order valence-electron chi connectivity index (χ4n) is 3.93. The van der Waals surface area contributed by atoms with Crippen molar-refractivity contribution in [3.63, 3.8) is 0 Å². The number of carbonyl (C=O) groups is 1. The number of fused-ring (bicyclic) bond motifs is 4. The van der Waals surface area contributed by atoms with E-state index in [1.807, 2.05) is 6.07 Å². The zero-order chi connectivity index (χ0) is 19.5. The third-order valence-corrected chi connectivity index (χ3v) is 5.10. The van der Waals surface area contributed by atoms with Gasteiger partial charge >= 0.3 is 0 Å². The Bertz CT molecular complexity index is 1220. The highest BCUT2D eigenvalue weighted by atomic mass is 19.1. The fourth-order valence-corrected chi connectivity index (χ4v) is 3.93. The van der Waals surface area contributed by atoms with E-state index in [1.54, 1.807) is 36.4 Å². The monoisotopic (exact) mass is 373 g/mol. The summed E-state index contributed by atoms with van der Waals surface area (Å²) in [5.74, 6) is -0.905. The molecule has 8 heteroatoms. The van der Waals surface area contributed by atoms with Crippen LogP contribution in [0.15, 0.2) is 60.0 Å². The molecule has 0 radical (unpaired) electrons. The molecule has 1 atom stereocenters. The van der Waals surface area contributed by atoms with Gasteiger partial charge in [0.05, 0.1) is 11.3 Å². The lowest BCUT2D eigenvalue weighted by atomic mass is 9.68. The van der Waals surface area contributed by atoms with Crippen LogP contribution in [0.25, 0.3) is 11.3 Å². The Labute approximate surface area is 158 Å². The first-order chi connectivity index (χ1) is 13.6. The van der Waals surface area contributed by atoms with Gasteiger partial charge in [-0.25, -0.2) is 4.39 Å².